The lowest BCUT2D eigenvalue weighted by Gasteiger charge is -2.31. The van der Waals surface area contributed by atoms with E-state index in [9.17, 15) is 9.59 Å². The van der Waals surface area contributed by atoms with Crippen LogP contribution in [0.3, 0.4) is 0 Å². The first-order valence-electron chi connectivity index (χ1n) is 8.21. The van der Waals surface area contributed by atoms with Crippen LogP contribution in [0.15, 0.2) is 30.3 Å². The standard InChI is InChI=1S/C18H26BrNO4/c1-4-23-17(21)16(14(2)3)20(12-8-11-19)18(22)24-13-15-9-6-5-7-10-15/h5-7,9-10,14,16H,4,8,11-13H2,1-3H3/t16-/m0/s1. The Balaban J connectivity index is 2.83. The summed E-state index contributed by atoms with van der Waals surface area (Å²) in [7, 11) is 0. The summed E-state index contributed by atoms with van der Waals surface area (Å²) in [6.07, 6.45) is 0.231. The van der Waals surface area contributed by atoms with E-state index >= 15 is 0 Å². The second kappa shape index (κ2) is 11.1. The van der Waals surface area contributed by atoms with Crippen molar-refractivity contribution in [2.75, 3.05) is 18.5 Å². The number of halogens is 1. The number of carbonyl (C=O) groups is 2. The second-order valence-electron chi connectivity index (χ2n) is 5.72. The first kappa shape index (κ1) is 20.5. The van der Waals surface area contributed by atoms with Crippen molar-refractivity contribution < 1.29 is 19.1 Å². The highest BCUT2D eigenvalue weighted by molar-refractivity contribution is 9.09. The number of alkyl halides is 1. The van der Waals surface area contributed by atoms with Gasteiger partial charge in [-0.05, 0) is 24.8 Å². The summed E-state index contributed by atoms with van der Waals surface area (Å²) < 4.78 is 10.5. The zero-order chi connectivity index (χ0) is 17.9. The van der Waals surface area contributed by atoms with Crippen LogP contribution in [0.2, 0.25) is 0 Å². The highest BCUT2D eigenvalue weighted by Crippen LogP contribution is 2.16. The van der Waals surface area contributed by atoms with Crippen molar-refractivity contribution in [1.82, 2.24) is 4.90 Å². The van der Waals surface area contributed by atoms with Crippen LogP contribution in [0.4, 0.5) is 4.79 Å². The van der Waals surface area contributed by atoms with Gasteiger partial charge in [-0.1, -0.05) is 60.1 Å². The zero-order valence-electron chi connectivity index (χ0n) is 14.5. The van der Waals surface area contributed by atoms with Gasteiger partial charge in [0.25, 0.3) is 0 Å². The Morgan fingerprint density at radius 3 is 2.38 bits per heavy atom. The first-order valence-corrected chi connectivity index (χ1v) is 9.33. The highest BCUT2D eigenvalue weighted by Gasteiger charge is 2.34. The number of benzene rings is 1. The molecule has 0 fully saturated rings. The number of ether oxygens (including phenoxy) is 2. The predicted octanol–water partition coefficient (Wildman–Crippen LogP) is 4.00. The lowest BCUT2D eigenvalue weighted by atomic mass is 10.0. The molecule has 1 atom stereocenters. The van der Waals surface area contributed by atoms with Crippen molar-refractivity contribution in [3.8, 4) is 0 Å². The first-order chi connectivity index (χ1) is 11.5. The Labute approximate surface area is 152 Å². The third-order valence-corrected chi connectivity index (χ3v) is 4.03. The summed E-state index contributed by atoms with van der Waals surface area (Å²) in [5.74, 6) is -0.456. The van der Waals surface area contributed by atoms with E-state index in [-0.39, 0.29) is 19.1 Å². The summed E-state index contributed by atoms with van der Waals surface area (Å²) in [6.45, 7) is 6.44. The summed E-state index contributed by atoms with van der Waals surface area (Å²) in [4.78, 5) is 26.3. The van der Waals surface area contributed by atoms with E-state index in [0.29, 0.717) is 6.54 Å². The Bertz CT molecular complexity index is 507. The van der Waals surface area contributed by atoms with Gasteiger partial charge in [-0.25, -0.2) is 9.59 Å². The van der Waals surface area contributed by atoms with Gasteiger partial charge in [0, 0.05) is 11.9 Å². The molecule has 0 saturated carbocycles. The molecule has 1 amide bonds. The largest absolute Gasteiger partial charge is 0.464 e. The van der Waals surface area contributed by atoms with E-state index in [1.807, 2.05) is 44.2 Å². The summed E-state index contributed by atoms with van der Waals surface area (Å²) in [6, 6.07) is 8.82. The number of rotatable bonds is 9. The Kier molecular flexibility index (Phi) is 9.45. The molecule has 0 aliphatic heterocycles. The number of amides is 1. The van der Waals surface area contributed by atoms with Crippen LogP contribution in [-0.2, 0) is 20.9 Å². The molecule has 0 aliphatic carbocycles. The molecule has 5 nitrogen and oxygen atoms in total. The van der Waals surface area contributed by atoms with Crippen LogP contribution < -0.4 is 0 Å². The van der Waals surface area contributed by atoms with Crippen LogP contribution in [-0.4, -0.2) is 41.5 Å². The number of esters is 1. The van der Waals surface area contributed by atoms with E-state index in [1.54, 1.807) is 6.92 Å². The van der Waals surface area contributed by atoms with Crippen LogP contribution in [0.1, 0.15) is 32.8 Å². The highest BCUT2D eigenvalue weighted by atomic mass is 79.9. The summed E-state index contributed by atoms with van der Waals surface area (Å²) in [5, 5.41) is 0.739. The van der Waals surface area contributed by atoms with Gasteiger partial charge < -0.3 is 9.47 Å². The number of nitrogens with zero attached hydrogens (tertiary/aromatic N) is 1. The van der Waals surface area contributed by atoms with Crippen molar-refractivity contribution in [2.24, 2.45) is 5.92 Å². The average Bonchev–Trinajstić information content (AvgIpc) is 2.57. The Morgan fingerprint density at radius 1 is 1.17 bits per heavy atom. The van der Waals surface area contributed by atoms with Crippen LogP contribution in [0.25, 0.3) is 0 Å². The predicted molar refractivity (Wildman–Crippen MR) is 97.0 cm³/mol. The molecule has 0 bridgehead atoms. The lowest BCUT2D eigenvalue weighted by Crippen LogP contribution is -2.49. The third kappa shape index (κ3) is 6.51. The van der Waals surface area contributed by atoms with Gasteiger partial charge in [-0.2, -0.15) is 0 Å². The summed E-state index contributed by atoms with van der Waals surface area (Å²) in [5.41, 5.74) is 0.906. The minimum absolute atomic E-state index is 0.0661. The normalized spacial score (nSPS) is 11.9. The molecule has 0 aromatic heterocycles. The molecule has 0 aliphatic rings. The van der Waals surface area contributed by atoms with Gasteiger partial charge >= 0.3 is 12.1 Å². The van der Waals surface area contributed by atoms with Crippen LogP contribution >= 0.6 is 15.9 Å². The molecule has 0 unspecified atom stereocenters. The molecule has 0 radical (unpaired) electrons. The van der Waals surface area contributed by atoms with Gasteiger partial charge in [0.15, 0.2) is 0 Å². The molecule has 0 heterocycles. The van der Waals surface area contributed by atoms with Gasteiger partial charge in [-0.15, -0.1) is 0 Å². The lowest BCUT2D eigenvalue weighted by molar-refractivity contribution is -0.150. The number of hydrogen-bond acceptors (Lipinski definition) is 4. The fourth-order valence-electron chi connectivity index (χ4n) is 2.36. The van der Waals surface area contributed by atoms with Gasteiger partial charge in [0.05, 0.1) is 6.61 Å². The maximum atomic E-state index is 12.6. The quantitative estimate of drug-likeness (QED) is 0.465. The molecular weight excluding hydrogens is 374 g/mol. The fraction of sp³-hybridized carbons (Fsp3) is 0.556. The molecule has 0 N–H and O–H groups in total. The monoisotopic (exact) mass is 399 g/mol. The van der Waals surface area contributed by atoms with Crippen molar-refractivity contribution in [1.29, 1.82) is 0 Å². The number of hydrogen-bond donors (Lipinski definition) is 0. The zero-order valence-corrected chi connectivity index (χ0v) is 16.1. The molecule has 24 heavy (non-hydrogen) atoms. The molecule has 0 spiro atoms. The van der Waals surface area contributed by atoms with E-state index in [2.05, 4.69) is 15.9 Å². The molecule has 6 heteroatoms. The number of carbonyl (C=O) groups excluding carboxylic acids is 2. The van der Waals surface area contributed by atoms with Gasteiger partial charge in [-0.3, -0.25) is 4.90 Å². The minimum Gasteiger partial charge on any atom is -0.464 e. The van der Waals surface area contributed by atoms with E-state index in [0.717, 1.165) is 17.3 Å². The van der Waals surface area contributed by atoms with Crippen molar-refractivity contribution in [3.63, 3.8) is 0 Å². The Morgan fingerprint density at radius 2 is 1.83 bits per heavy atom. The topological polar surface area (TPSA) is 55.8 Å². The van der Waals surface area contributed by atoms with Crippen molar-refractivity contribution in [2.45, 2.75) is 39.8 Å². The Hall–Kier alpha value is -1.56. The maximum Gasteiger partial charge on any atom is 0.410 e. The molecule has 1 aromatic rings. The van der Waals surface area contributed by atoms with Crippen molar-refractivity contribution >= 4 is 28.0 Å². The minimum atomic E-state index is -0.646. The third-order valence-electron chi connectivity index (χ3n) is 3.47. The van der Waals surface area contributed by atoms with E-state index in [1.165, 1.54) is 4.90 Å². The second-order valence-corrected chi connectivity index (χ2v) is 6.51. The van der Waals surface area contributed by atoms with E-state index < -0.39 is 18.1 Å². The molecule has 134 valence electrons. The molecule has 0 saturated heterocycles. The van der Waals surface area contributed by atoms with Gasteiger partial charge in [0.2, 0.25) is 0 Å². The SMILES string of the molecule is CCOC(=O)[C@H](C(C)C)N(CCCBr)C(=O)OCc1ccccc1. The molecule has 1 aromatic carbocycles. The van der Waals surface area contributed by atoms with Gasteiger partial charge in [0.1, 0.15) is 12.6 Å². The van der Waals surface area contributed by atoms with Crippen LogP contribution in [0.5, 0.6) is 0 Å². The van der Waals surface area contributed by atoms with E-state index in [4.69, 9.17) is 9.47 Å². The fourth-order valence-corrected chi connectivity index (χ4v) is 2.61. The summed E-state index contributed by atoms with van der Waals surface area (Å²) >= 11 is 3.36. The molecule has 1 rings (SSSR count). The maximum absolute atomic E-state index is 12.6. The molecular formula is C18H26BrNO4. The average molecular weight is 400 g/mol. The smallest absolute Gasteiger partial charge is 0.410 e. The van der Waals surface area contributed by atoms with Crippen molar-refractivity contribution in [3.05, 3.63) is 35.9 Å². The van der Waals surface area contributed by atoms with Crippen LogP contribution in [0, 0.1) is 5.92 Å².